The Bertz CT molecular complexity index is 1590. The predicted molar refractivity (Wildman–Crippen MR) is 163 cm³/mol. The highest BCUT2D eigenvalue weighted by molar-refractivity contribution is 8.18. The summed E-state index contributed by atoms with van der Waals surface area (Å²) in [6.07, 6.45) is 8.44. The van der Waals surface area contributed by atoms with E-state index < -0.39 is 0 Å². The van der Waals surface area contributed by atoms with Gasteiger partial charge in [0.25, 0.3) is 11.1 Å². The molecule has 0 N–H and O–H groups in total. The molecule has 1 saturated heterocycles. The third kappa shape index (κ3) is 5.20. The number of thioether (sulfide) groups is 1. The van der Waals surface area contributed by atoms with Crippen LogP contribution >= 0.6 is 11.8 Å². The first-order chi connectivity index (χ1) is 19.5. The molecule has 0 unspecified atom stereocenters. The number of nitrogens with zero attached hydrogens (tertiary/aromatic N) is 2. The van der Waals surface area contributed by atoms with Gasteiger partial charge < -0.3 is 9.30 Å². The fourth-order valence-electron chi connectivity index (χ4n) is 6.06. The first-order valence-corrected chi connectivity index (χ1v) is 15.0. The average Bonchev–Trinajstić information content (AvgIpc) is 3.41. The molecule has 6 rings (SSSR count). The van der Waals surface area contributed by atoms with Gasteiger partial charge in [0.1, 0.15) is 12.4 Å². The standard InChI is InChI=1S/C34H34N2O3S/c1-23-21-28(24(2)36(23)29-17-15-26(16-18-29)25-9-4-3-5-10-25)22-32-33(37)35(34(38)40-32)19-20-39-31-14-8-12-27-11-6-7-13-30(27)31/h6-8,11-18,21-22,25H,3-5,9-10,19-20H2,1-2H3/b32-22-. The van der Waals surface area contributed by atoms with Gasteiger partial charge >= 0.3 is 0 Å². The lowest BCUT2D eigenvalue weighted by atomic mass is 9.84. The van der Waals surface area contributed by atoms with Crippen molar-refractivity contribution in [1.29, 1.82) is 0 Å². The lowest BCUT2D eigenvalue weighted by Gasteiger charge is -2.22. The molecule has 2 heterocycles. The molecule has 6 heteroatoms. The van der Waals surface area contributed by atoms with Gasteiger partial charge in [-0.2, -0.15) is 0 Å². The highest BCUT2D eigenvalue weighted by atomic mass is 32.2. The lowest BCUT2D eigenvalue weighted by Crippen LogP contribution is -2.32. The summed E-state index contributed by atoms with van der Waals surface area (Å²) in [4.78, 5) is 27.7. The normalized spacial score (nSPS) is 17.4. The van der Waals surface area contributed by atoms with Crippen LogP contribution < -0.4 is 4.74 Å². The van der Waals surface area contributed by atoms with Crippen molar-refractivity contribution in [2.24, 2.45) is 0 Å². The number of imide groups is 1. The Morgan fingerprint density at radius 3 is 2.48 bits per heavy atom. The SMILES string of the molecule is Cc1cc(/C=C2\SC(=O)N(CCOc3cccc4ccccc34)C2=O)c(C)n1-c1ccc(C2CCCCC2)cc1. The van der Waals surface area contributed by atoms with Crippen LogP contribution in [0.15, 0.2) is 77.7 Å². The number of benzene rings is 3. The third-order valence-corrected chi connectivity index (χ3v) is 9.09. The van der Waals surface area contributed by atoms with Gasteiger partial charge in [-0.15, -0.1) is 0 Å². The van der Waals surface area contributed by atoms with Gasteiger partial charge in [0, 0.05) is 22.5 Å². The molecule has 1 saturated carbocycles. The summed E-state index contributed by atoms with van der Waals surface area (Å²) in [6, 6.07) is 24.9. The molecule has 4 aromatic rings. The third-order valence-electron chi connectivity index (χ3n) is 8.18. The number of rotatable bonds is 7. The maximum absolute atomic E-state index is 13.2. The fraction of sp³-hybridized carbons (Fsp3) is 0.294. The molecular formula is C34H34N2O3S. The second kappa shape index (κ2) is 11.4. The van der Waals surface area contributed by atoms with Crippen molar-refractivity contribution >= 4 is 39.8 Å². The zero-order chi connectivity index (χ0) is 27.6. The number of aromatic nitrogens is 1. The number of hydrogen-bond acceptors (Lipinski definition) is 4. The van der Waals surface area contributed by atoms with E-state index in [2.05, 4.69) is 48.7 Å². The van der Waals surface area contributed by atoms with Gasteiger partial charge in [-0.3, -0.25) is 14.5 Å². The Morgan fingerprint density at radius 1 is 0.925 bits per heavy atom. The van der Waals surface area contributed by atoms with Crippen LogP contribution in [0.3, 0.4) is 0 Å². The zero-order valence-corrected chi connectivity index (χ0v) is 23.9. The molecule has 2 fully saturated rings. The smallest absolute Gasteiger partial charge is 0.293 e. The van der Waals surface area contributed by atoms with E-state index in [-0.39, 0.29) is 24.3 Å². The molecule has 0 spiro atoms. The van der Waals surface area contributed by atoms with Crippen molar-refractivity contribution < 1.29 is 14.3 Å². The van der Waals surface area contributed by atoms with Crippen LogP contribution in [0.5, 0.6) is 5.75 Å². The van der Waals surface area contributed by atoms with E-state index in [1.807, 2.05) is 48.5 Å². The van der Waals surface area contributed by atoms with E-state index in [1.54, 1.807) is 0 Å². The molecule has 0 radical (unpaired) electrons. The number of hydrogen-bond donors (Lipinski definition) is 0. The van der Waals surface area contributed by atoms with E-state index >= 15 is 0 Å². The van der Waals surface area contributed by atoms with Gasteiger partial charge in [-0.05, 0) is 91.2 Å². The summed E-state index contributed by atoms with van der Waals surface area (Å²) >= 11 is 0.997. The van der Waals surface area contributed by atoms with Gasteiger partial charge in [-0.1, -0.05) is 67.8 Å². The van der Waals surface area contributed by atoms with Crippen molar-refractivity contribution in [3.05, 3.63) is 100 Å². The number of carbonyl (C=O) groups excluding carboxylic acids is 2. The van der Waals surface area contributed by atoms with Gasteiger partial charge in [0.2, 0.25) is 0 Å². The number of carbonyl (C=O) groups is 2. The first-order valence-electron chi connectivity index (χ1n) is 14.1. The number of aryl methyl sites for hydroxylation is 1. The Kier molecular flexibility index (Phi) is 7.53. The van der Waals surface area contributed by atoms with Crippen molar-refractivity contribution in [3.63, 3.8) is 0 Å². The van der Waals surface area contributed by atoms with E-state index in [0.29, 0.717) is 10.8 Å². The van der Waals surface area contributed by atoms with E-state index in [4.69, 9.17) is 4.74 Å². The number of amides is 2. The molecule has 3 aromatic carbocycles. The molecule has 1 aliphatic carbocycles. The van der Waals surface area contributed by atoms with Crippen molar-refractivity contribution in [2.45, 2.75) is 51.9 Å². The van der Waals surface area contributed by atoms with Crippen LogP contribution in [-0.4, -0.2) is 33.8 Å². The van der Waals surface area contributed by atoms with Crippen molar-refractivity contribution in [2.75, 3.05) is 13.2 Å². The van der Waals surface area contributed by atoms with E-state index in [1.165, 1.54) is 42.6 Å². The summed E-state index contributed by atoms with van der Waals surface area (Å²) < 4.78 is 8.21. The summed E-state index contributed by atoms with van der Waals surface area (Å²) in [5, 5.41) is 1.84. The zero-order valence-electron chi connectivity index (χ0n) is 23.1. The second-order valence-electron chi connectivity index (χ2n) is 10.7. The number of fused-ring (bicyclic) bond motifs is 1. The van der Waals surface area contributed by atoms with E-state index in [0.717, 1.165) is 50.9 Å². The molecular weight excluding hydrogens is 516 g/mol. The molecule has 40 heavy (non-hydrogen) atoms. The van der Waals surface area contributed by atoms with Gasteiger partial charge in [0.05, 0.1) is 11.4 Å². The molecule has 5 nitrogen and oxygen atoms in total. The predicted octanol–water partition coefficient (Wildman–Crippen LogP) is 8.41. The molecule has 2 aliphatic rings. The first kappa shape index (κ1) is 26.5. The van der Waals surface area contributed by atoms with Crippen LogP contribution in [0.25, 0.3) is 22.5 Å². The van der Waals surface area contributed by atoms with Gasteiger partial charge in [0.15, 0.2) is 0 Å². The number of ether oxygens (including phenoxy) is 1. The van der Waals surface area contributed by atoms with Crippen LogP contribution in [0.2, 0.25) is 0 Å². The van der Waals surface area contributed by atoms with E-state index in [9.17, 15) is 9.59 Å². The lowest BCUT2D eigenvalue weighted by molar-refractivity contribution is -0.123. The quantitative estimate of drug-likeness (QED) is 0.217. The highest BCUT2D eigenvalue weighted by Gasteiger charge is 2.35. The van der Waals surface area contributed by atoms with Crippen molar-refractivity contribution in [1.82, 2.24) is 9.47 Å². The fourth-order valence-corrected chi connectivity index (χ4v) is 6.92. The largest absolute Gasteiger partial charge is 0.491 e. The minimum atomic E-state index is -0.266. The van der Waals surface area contributed by atoms with Crippen LogP contribution in [0, 0.1) is 13.8 Å². The maximum Gasteiger partial charge on any atom is 0.293 e. The Labute approximate surface area is 239 Å². The monoisotopic (exact) mass is 550 g/mol. The maximum atomic E-state index is 13.2. The summed E-state index contributed by atoms with van der Waals surface area (Å²) in [5.74, 6) is 1.16. The highest BCUT2D eigenvalue weighted by Crippen LogP contribution is 2.35. The van der Waals surface area contributed by atoms with Crippen LogP contribution in [0.4, 0.5) is 4.79 Å². The van der Waals surface area contributed by atoms with Crippen LogP contribution in [-0.2, 0) is 4.79 Å². The molecule has 0 atom stereocenters. The minimum absolute atomic E-state index is 0.206. The topological polar surface area (TPSA) is 51.5 Å². The summed E-state index contributed by atoms with van der Waals surface area (Å²) in [7, 11) is 0. The molecule has 204 valence electrons. The molecule has 1 aromatic heterocycles. The molecule has 0 bridgehead atoms. The Morgan fingerprint density at radius 2 is 1.68 bits per heavy atom. The summed E-state index contributed by atoms with van der Waals surface area (Å²) in [5.41, 5.74) is 5.65. The molecule has 1 aliphatic heterocycles. The summed E-state index contributed by atoms with van der Waals surface area (Å²) in [6.45, 7) is 4.59. The second-order valence-corrected chi connectivity index (χ2v) is 11.7. The van der Waals surface area contributed by atoms with Gasteiger partial charge in [-0.25, -0.2) is 0 Å². The van der Waals surface area contributed by atoms with Crippen LogP contribution in [0.1, 0.15) is 60.5 Å². The van der Waals surface area contributed by atoms with Crippen molar-refractivity contribution in [3.8, 4) is 11.4 Å². The molecule has 2 amide bonds. The average molecular weight is 551 g/mol. The Hall–Kier alpha value is -3.77. The Balaban J connectivity index is 1.15. The minimum Gasteiger partial charge on any atom is -0.491 e.